The average Bonchev–Trinajstić information content (AvgIpc) is 3.02. The number of sulfonamides is 1. The molecule has 0 aromatic heterocycles. The molecule has 0 fully saturated rings. The Hall–Kier alpha value is -5.14. The van der Waals surface area contributed by atoms with E-state index >= 15 is 0 Å². The highest BCUT2D eigenvalue weighted by atomic mass is 32.2. The third kappa shape index (κ3) is 7.69. The van der Waals surface area contributed by atoms with Gasteiger partial charge in [-0.15, -0.1) is 0 Å². The number of aromatic hydroxyl groups is 1. The first-order chi connectivity index (χ1) is 21.6. The molecule has 5 rings (SSSR count). The fraction of sp³-hybridized carbons (Fsp3) is 0.132. The molecule has 0 unspecified atom stereocenters. The van der Waals surface area contributed by atoms with Crippen LogP contribution in [0.25, 0.3) is 17.2 Å². The van der Waals surface area contributed by atoms with Crippen LogP contribution in [-0.2, 0) is 27.9 Å². The Balaban J connectivity index is 1.33. The van der Waals surface area contributed by atoms with E-state index in [-0.39, 0.29) is 23.1 Å². The zero-order valence-corrected chi connectivity index (χ0v) is 26.4. The Morgan fingerprint density at radius 1 is 0.756 bits per heavy atom. The number of anilines is 1. The number of hydrogen-bond acceptors (Lipinski definition) is 4. The highest BCUT2D eigenvalue weighted by Gasteiger charge is 2.28. The lowest BCUT2D eigenvalue weighted by Crippen LogP contribution is -2.31. The molecule has 0 aliphatic heterocycles. The maximum absolute atomic E-state index is 14.2. The van der Waals surface area contributed by atoms with Crippen molar-refractivity contribution in [3.63, 3.8) is 0 Å². The van der Waals surface area contributed by atoms with Gasteiger partial charge in [0.15, 0.2) is 0 Å². The molecule has 0 atom stereocenters. The second-order valence-electron chi connectivity index (χ2n) is 11.1. The van der Waals surface area contributed by atoms with E-state index in [2.05, 4.69) is 23.5 Å². The summed E-state index contributed by atoms with van der Waals surface area (Å²) in [5.74, 6) is -0.169. The molecule has 0 aliphatic rings. The van der Waals surface area contributed by atoms with Gasteiger partial charge in [0, 0.05) is 12.6 Å². The highest BCUT2D eigenvalue weighted by molar-refractivity contribution is 7.92. The second kappa shape index (κ2) is 13.7. The van der Waals surface area contributed by atoms with E-state index in [4.69, 9.17) is 0 Å². The standard InChI is InChI=1S/C38H36N2O4S/c1-27-21-28(2)38(29(3)22-27)45(43,44)40(26-32-10-8-14-36(41)24-32)35-18-15-30(16-19-35)17-20-37(42)39-25-31-9-7-13-34(23-31)33-11-5-4-6-12-33/h4-24,41H,25-26H2,1-3H3,(H,39,42)/b20-17-. The van der Waals surface area contributed by atoms with Gasteiger partial charge in [-0.1, -0.05) is 90.5 Å². The molecule has 0 bridgehead atoms. The molecule has 0 aliphatic carbocycles. The van der Waals surface area contributed by atoms with Crippen LogP contribution < -0.4 is 9.62 Å². The Kier molecular flexibility index (Phi) is 9.50. The van der Waals surface area contributed by atoms with E-state index in [0.29, 0.717) is 28.9 Å². The molecule has 45 heavy (non-hydrogen) atoms. The fourth-order valence-electron chi connectivity index (χ4n) is 5.48. The summed E-state index contributed by atoms with van der Waals surface area (Å²) in [7, 11) is -3.97. The molecule has 0 heterocycles. The van der Waals surface area contributed by atoms with Gasteiger partial charge >= 0.3 is 0 Å². The number of aryl methyl sites for hydroxylation is 3. The first kappa shape index (κ1) is 31.3. The van der Waals surface area contributed by atoms with Gasteiger partial charge in [0.1, 0.15) is 5.75 Å². The summed E-state index contributed by atoms with van der Waals surface area (Å²) in [5, 5.41) is 13.0. The largest absolute Gasteiger partial charge is 0.508 e. The Bertz CT molecular complexity index is 1930. The average molecular weight is 617 g/mol. The molecule has 5 aromatic rings. The van der Waals surface area contributed by atoms with Gasteiger partial charge in [-0.05, 0) is 96.1 Å². The van der Waals surface area contributed by atoms with E-state index in [1.807, 2.05) is 55.5 Å². The first-order valence-electron chi connectivity index (χ1n) is 14.7. The van der Waals surface area contributed by atoms with Gasteiger partial charge < -0.3 is 10.4 Å². The van der Waals surface area contributed by atoms with Crippen molar-refractivity contribution in [2.45, 2.75) is 38.8 Å². The summed E-state index contributed by atoms with van der Waals surface area (Å²) in [5.41, 5.74) is 7.40. The van der Waals surface area contributed by atoms with Crippen LogP contribution in [-0.4, -0.2) is 19.4 Å². The van der Waals surface area contributed by atoms with Crippen molar-refractivity contribution < 1.29 is 18.3 Å². The Morgan fingerprint density at radius 3 is 2.09 bits per heavy atom. The fourth-order valence-corrected chi connectivity index (χ4v) is 7.35. The van der Waals surface area contributed by atoms with Gasteiger partial charge in [-0.25, -0.2) is 8.42 Å². The van der Waals surface area contributed by atoms with Crippen molar-refractivity contribution in [1.29, 1.82) is 0 Å². The molecule has 228 valence electrons. The maximum atomic E-state index is 14.2. The summed E-state index contributed by atoms with van der Waals surface area (Å²) in [4.78, 5) is 12.9. The molecular formula is C38H36N2O4S. The number of phenols is 1. The van der Waals surface area contributed by atoms with Crippen molar-refractivity contribution in [2.24, 2.45) is 0 Å². The van der Waals surface area contributed by atoms with Gasteiger partial charge in [-0.2, -0.15) is 0 Å². The van der Waals surface area contributed by atoms with Crippen molar-refractivity contribution in [3.05, 3.63) is 155 Å². The van der Waals surface area contributed by atoms with Crippen LogP contribution in [0.4, 0.5) is 5.69 Å². The molecule has 5 aromatic carbocycles. The number of carbonyl (C=O) groups excluding carboxylic acids is 1. The maximum Gasteiger partial charge on any atom is 0.265 e. The monoisotopic (exact) mass is 616 g/mol. The summed E-state index contributed by atoms with van der Waals surface area (Å²) >= 11 is 0. The zero-order valence-electron chi connectivity index (χ0n) is 25.6. The Morgan fingerprint density at radius 2 is 1.40 bits per heavy atom. The summed E-state index contributed by atoms with van der Waals surface area (Å²) in [6, 6.07) is 35.5. The molecule has 0 radical (unpaired) electrons. The number of phenolic OH excluding ortho intramolecular Hbond substituents is 1. The van der Waals surface area contributed by atoms with E-state index in [1.165, 1.54) is 10.4 Å². The normalized spacial score (nSPS) is 11.4. The van der Waals surface area contributed by atoms with Crippen molar-refractivity contribution >= 4 is 27.7 Å². The third-order valence-electron chi connectivity index (χ3n) is 7.50. The number of hydrogen-bond donors (Lipinski definition) is 2. The summed E-state index contributed by atoms with van der Waals surface area (Å²) in [6.07, 6.45) is 3.16. The molecule has 0 saturated heterocycles. The van der Waals surface area contributed by atoms with Crippen LogP contribution in [0.15, 0.2) is 126 Å². The van der Waals surface area contributed by atoms with Gasteiger partial charge in [-0.3, -0.25) is 9.10 Å². The van der Waals surface area contributed by atoms with Crippen molar-refractivity contribution in [2.75, 3.05) is 4.31 Å². The van der Waals surface area contributed by atoms with Crippen molar-refractivity contribution in [1.82, 2.24) is 5.32 Å². The summed E-state index contributed by atoms with van der Waals surface area (Å²) < 4.78 is 29.7. The quantitative estimate of drug-likeness (QED) is 0.157. The summed E-state index contributed by atoms with van der Waals surface area (Å²) in [6.45, 7) is 5.97. The van der Waals surface area contributed by atoms with Crippen LogP contribution in [0, 0.1) is 20.8 Å². The van der Waals surface area contributed by atoms with Crippen LogP contribution in [0.2, 0.25) is 0 Å². The number of nitrogens with zero attached hydrogens (tertiary/aromatic N) is 1. The molecular weight excluding hydrogens is 580 g/mol. The number of rotatable bonds is 10. The van der Waals surface area contributed by atoms with E-state index < -0.39 is 10.0 Å². The Labute approximate surface area is 265 Å². The van der Waals surface area contributed by atoms with Crippen LogP contribution in [0.3, 0.4) is 0 Å². The van der Waals surface area contributed by atoms with Gasteiger partial charge in [0.05, 0.1) is 17.1 Å². The first-order valence-corrected chi connectivity index (χ1v) is 16.1. The number of benzene rings is 5. The van der Waals surface area contributed by atoms with Crippen LogP contribution >= 0.6 is 0 Å². The zero-order chi connectivity index (χ0) is 32.0. The molecule has 6 nitrogen and oxygen atoms in total. The molecule has 0 spiro atoms. The smallest absolute Gasteiger partial charge is 0.265 e. The molecule has 2 N–H and O–H groups in total. The van der Waals surface area contributed by atoms with Crippen molar-refractivity contribution in [3.8, 4) is 16.9 Å². The highest BCUT2D eigenvalue weighted by Crippen LogP contribution is 2.31. The lowest BCUT2D eigenvalue weighted by molar-refractivity contribution is -0.116. The number of amides is 1. The second-order valence-corrected chi connectivity index (χ2v) is 12.9. The topological polar surface area (TPSA) is 86.7 Å². The lowest BCUT2D eigenvalue weighted by atomic mass is 10.0. The van der Waals surface area contributed by atoms with Crippen LogP contribution in [0.5, 0.6) is 5.75 Å². The lowest BCUT2D eigenvalue weighted by Gasteiger charge is -2.27. The number of nitrogens with one attached hydrogen (secondary N) is 1. The SMILES string of the molecule is Cc1cc(C)c(S(=O)(=O)N(Cc2cccc(O)c2)c2ccc(/C=C\C(=O)NCc3cccc(-c4ccccc4)c3)cc2)c(C)c1. The van der Waals surface area contributed by atoms with Crippen LogP contribution in [0.1, 0.15) is 33.4 Å². The van der Waals surface area contributed by atoms with E-state index in [0.717, 1.165) is 27.8 Å². The van der Waals surface area contributed by atoms with Gasteiger partial charge in [0.2, 0.25) is 5.91 Å². The molecule has 0 saturated carbocycles. The minimum atomic E-state index is -3.97. The minimum Gasteiger partial charge on any atom is -0.508 e. The molecule has 1 amide bonds. The van der Waals surface area contributed by atoms with E-state index in [9.17, 15) is 18.3 Å². The number of carbonyl (C=O) groups is 1. The van der Waals surface area contributed by atoms with E-state index in [1.54, 1.807) is 68.5 Å². The predicted octanol–water partition coefficient (Wildman–Crippen LogP) is 7.71. The minimum absolute atomic E-state index is 0.0343. The van der Waals surface area contributed by atoms with Gasteiger partial charge in [0.25, 0.3) is 10.0 Å². The molecule has 7 heteroatoms. The predicted molar refractivity (Wildman–Crippen MR) is 181 cm³/mol. The third-order valence-corrected chi connectivity index (χ3v) is 9.58.